The second kappa shape index (κ2) is 8.43. The zero-order chi connectivity index (χ0) is 22.9. The number of ether oxygens (including phenoxy) is 1. The molecule has 5 heteroatoms. The normalized spacial score (nSPS) is 13.2. The van der Waals surface area contributed by atoms with E-state index >= 15 is 0 Å². The Labute approximate surface area is 191 Å². The van der Waals surface area contributed by atoms with Crippen LogP contribution in [0, 0.1) is 0 Å². The molecule has 33 heavy (non-hydrogen) atoms. The fraction of sp³-hybridized carbons (Fsp3) is 0.143. The van der Waals surface area contributed by atoms with Crippen molar-refractivity contribution in [2.75, 3.05) is 7.11 Å². The summed E-state index contributed by atoms with van der Waals surface area (Å²) in [4.78, 5) is 27.0. The summed E-state index contributed by atoms with van der Waals surface area (Å²) in [6.07, 6.45) is -0.504. The first-order valence-corrected chi connectivity index (χ1v) is 10.8. The van der Waals surface area contributed by atoms with E-state index in [1.165, 1.54) is 12.0 Å². The molecule has 1 aliphatic rings. The molecule has 1 N–H and O–H groups in total. The maximum atomic E-state index is 13.1. The monoisotopic (exact) mass is 437 g/mol. The first-order chi connectivity index (χ1) is 16.1. The van der Waals surface area contributed by atoms with Crippen LogP contribution in [0.1, 0.15) is 22.7 Å². The van der Waals surface area contributed by atoms with Crippen LogP contribution in [0.25, 0.3) is 21.9 Å². The van der Waals surface area contributed by atoms with Crippen molar-refractivity contribution in [3.63, 3.8) is 0 Å². The number of carbonyl (C=O) groups excluding carboxylic acids is 1. The lowest BCUT2D eigenvalue weighted by molar-refractivity contribution is -0.143. The highest BCUT2D eigenvalue weighted by Gasteiger charge is 2.42. The maximum absolute atomic E-state index is 13.1. The van der Waals surface area contributed by atoms with E-state index in [4.69, 9.17) is 4.74 Å². The van der Waals surface area contributed by atoms with Crippen molar-refractivity contribution < 1.29 is 19.4 Å². The molecule has 4 aromatic rings. The van der Waals surface area contributed by atoms with Crippen LogP contribution in [0.2, 0.25) is 0 Å². The molecule has 164 valence electrons. The van der Waals surface area contributed by atoms with Crippen LogP contribution in [0.4, 0.5) is 4.79 Å². The third-order valence-corrected chi connectivity index (χ3v) is 6.33. The summed E-state index contributed by atoms with van der Waals surface area (Å²) in [5, 5.41) is 12.4. The first kappa shape index (κ1) is 20.8. The summed E-state index contributed by atoms with van der Waals surface area (Å²) >= 11 is 0. The predicted molar refractivity (Wildman–Crippen MR) is 127 cm³/mol. The molecule has 5 nitrogen and oxygen atoms in total. The van der Waals surface area contributed by atoms with Crippen LogP contribution in [0.3, 0.4) is 0 Å². The number of amides is 1. The third kappa shape index (κ3) is 3.61. The number of rotatable bonds is 5. The number of fused-ring (bicyclic) bond motifs is 4. The van der Waals surface area contributed by atoms with Crippen molar-refractivity contribution in [2.45, 2.75) is 18.5 Å². The van der Waals surface area contributed by atoms with Crippen LogP contribution < -0.4 is 0 Å². The molecular weight excluding hydrogens is 414 g/mol. The largest absolute Gasteiger partial charge is 0.480 e. The van der Waals surface area contributed by atoms with Crippen LogP contribution >= 0.6 is 0 Å². The minimum atomic E-state index is -1.11. The molecule has 0 saturated heterocycles. The summed E-state index contributed by atoms with van der Waals surface area (Å²) in [6, 6.07) is 27.8. The topological polar surface area (TPSA) is 66.8 Å². The molecule has 1 aliphatic carbocycles. The Morgan fingerprint density at radius 2 is 1.42 bits per heavy atom. The Hall–Kier alpha value is -4.12. The molecule has 1 atom stereocenters. The third-order valence-electron chi connectivity index (χ3n) is 6.33. The molecule has 1 amide bonds. The van der Waals surface area contributed by atoms with Gasteiger partial charge in [0.05, 0.1) is 13.2 Å². The molecule has 0 aromatic heterocycles. The highest BCUT2D eigenvalue weighted by Crippen LogP contribution is 2.47. The Morgan fingerprint density at radius 3 is 2.03 bits per heavy atom. The van der Waals surface area contributed by atoms with Crippen molar-refractivity contribution in [3.8, 4) is 11.1 Å². The SMILES string of the molecule is COC(=O)N(C1c2ccccc2-c2ccccc21)[C@H](Cc1ccc2ccccc2c1)C(=O)O. The minimum absolute atomic E-state index is 0.163. The van der Waals surface area contributed by atoms with E-state index in [0.717, 1.165) is 38.6 Å². The van der Waals surface area contributed by atoms with Gasteiger partial charge in [-0.25, -0.2) is 9.59 Å². The van der Waals surface area contributed by atoms with Gasteiger partial charge in [-0.15, -0.1) is 0 Å². The molecule has 0 unspecified atom stereocenters. The van der Waals surface area contributed by atoms with E-state index in [2.05, 4.69) is 0 Å². The summed E-state index contributed by atoms with van der Waals surface area (Å²) in [6.45, 7) is 0. The number of hydrogen-bond acceptors (Lipinski definition) is 3. The first-order valence-electron chi connectivity index (χ1n) is 10.8. The highest BCUT2D eigenvalue weighted by atomic mass is 16.5. The number of benzene rings is 4. The van der Waals surface area contributed by atoms with Crippen LogP contribution in [-0.2, 0) is 16.0 Å². The molecule has 0 spiro atoms. The lowest BCUT2D eigenvalue weighted by Crippen LogP contribution is -2.48. The smallest absolute Gasteiger partial charge is 0.411 e. The number of hydrogen-bond donors (Lipinski definition) is 1. The number of carboxylic acid groups (broad SMARTS) is 1. The molecule has 5 rings (SSSR count). The van der Waals surface area contributed by atoms with Gasteiger partial charge < -0.3 is 9.84 Å². The fourth-order valence-electron chi connectivity index (χ4n) is 4.84. The summed E-state index contributed by atoms with van der Waals surface area (Å²) in [5.41, 5.74) is 4.64. The number of methoxy groups -OCH3 is 1. The Bertz CT molecular complexity index is 1320. The van der Waals surface area contributed by atoms with E-state index in [9.17, 15) is 14.7 Å². The lowest BCUT2D eigenvalue weighted by Gasteiger charge is -2.34. The average molecular weight is 437 g/mol. The van der Waals surface area contributed by atoms with Crippen molar-refractivity contribution in [3.05, 3.63) is 108 Å². The predicted octanol–water partition coefficient (Wildman–Crippen LogP) is 5.67. The van der Waals surface area contributed by atoms with E-state index in [-0.39, 0.29) is 6.42 Å². The van der Waals surface area contributed by atoms with Gasteiger partial charge in [-0.05, 0) is 38.6 Å². The van der Waals surface area contributed by atoms with Gasteiger partial charge in [0.2, 0.25) is 0 Å². The maximum Gasteiger partial charge on any atom is 0.411 e. The van der Waals surface area contributed by atoms with Crippen molar-refractivity contribution >= 4 is 22.8 Å². The second-order valence-electron chi connectivity index (χ2n) is 8.19. The van der Waals surface area contributed by atoms with Gasteiger partial charge in [-0.2, -0.15) is 0 Å². The fourth-order valence-corrected chi connectivity index (χ4v) is 4.84. The molecule has 0 radical (unpaired) electrons. The van der Waals surface area contributed by atoms with Gasteiger partial charge in [0.25, 0.3) is 0 Å². The Balaban J connectivity index is 1.61. The lowest BCUT2D eigenvalue weighted by atomic mass is 9.97. The van der Waals surface area contributed by atoms with Gasteiger partial charge in [-0.3, -0.25) is 4.90 Å². The summed E-state index contributed by atoms with van der Waals surface area (Å²) in [5.74, 6) is -1.07. The van der Waals surface area contributed by atoms with Crippen LogP contribution in [0.5, 0.6) is 0 Å². The van der Waals surface area contributed by atoms with Crippen LogP contribution in [0.15, 0.2) is 91.0 Å². The van der Waals surface area contributed by atoms with Gasteiger partial charge >= 0.3 is 12.1 Å². The minimum Gasteiger partial charge on any atom is -0.480 e. The zero-order valence-corrected chi connectivity index (χ0v) is 18.1. The molecule has 0 aliphatic heterocycles. The number of carbonyl (C=O) groups is 2. The zero-order valence-electron chi connectivity index (χ0n) is 18.1. The Kier molecular flexibility index (Phi) is 5.31. The number of carboxylic acids is 1. The quantitative estimate of drug-likeness (QED) is 0.437. The van der Waals surface area contributed by atoms with E-state index in [0.29, 0.717) is 0 Å². The average Bonchev–Trinajstić information content (AvgIpc) is 3.17. The molecule has 0 saturated carbocycles. The summed E-state index contributed by atoms with van der Waals surface area (Å²) in [7, 11) is 1.29. The standard InChI is InChI=1S/C28H23NO4/c1-33-28(32)29(26-23-12-6-4-10-21(23)22-11-5-7-13-24(22)26)25(27(30)31)17-18-14-15-19-8-2-3-9-20(19)16-18/h2-16,25-26H,17H2,1H3,(H,30,31)/t25-/m1/s1. The summed E-state index contributed by atoms with van der Waals surface area (Å²) < 4.78 is 5.12. The van der Waals surface area contributed by atoms with Crippen molar-refractivity contribution in [2.24, 2.45) is 0 Å². The molecule has 0 fully saturated rings. The second-order valence-corrected chi connectivity index (χ2v) is 8.19. The van der Waals surface area contributed by atoms with E-state index < -0.39 is 24.1 Å². The molecule has 0 heterocycles. The molecule has 0 bridgehead atoms. The number of nitrogens with zero attached hydrogens (tertiary/aromatic N) is 1. The molecule has 4 aromatic carbocycles. The number of aliphatic carboxylic acids is 1. The van der Waals surface area contributed by atoms with E-state index in [1.54, 1.807) is 0 Å². The van der Waals surface area contributed by atoms with Gasteiger partial charge in [0, 0.05) is 6.42 Å². The van der Waals surface area contributed by atoms with Crippen molar-refractivity contribution in [1.82, 2.24) is 4.90 Å². The van der Waals surface area contributed by atoms with E-state index in [1.807, 2.05) is 91.0 Å². The van der Waals surface area contributed by atoms with Crippen molar-refractivity contribution in [1.29, 1.82) is 0 Å². The molecular formula is C28H23NO4. The van der Waals surface area contributed by atoms with Gasteiger partial charge in [-0.1, -0.05) is 91.0 Å². The highest BCUT2D eigenvalue weighted by molar-refractivity contribution is 5.86. The van der Waals surface area contributed by atoms with Crippen LogP contribution in [-0.4, -0.2) is 35.2 Å². The van der Waals surface area contributed by atoms with Gasteiger partial charge in [0.15, 0.2) is 0 Å². The van der Waals surface area contributed by atoms with Gasteiger partial charge in [0.1, 0.15) is 6.04 Å². The Morgan fingerprint density at radius 1 is 0.848 bits per heavy atom.